The highest BCUT2D eigenvalue weighted by Gasteiger charge is 2.06. The summed E-state index contributed by atoms with van der Waals surface area (Å²) in [5.74, 6) is 0. The van der Waals surface area contributed by atoms with Gasteiger partial charge < -0.3 is 11.1 Å². The first-order valence-electron chi connectivity index (χ1n) is 5.37. The molecule has 0 amide bonds. The lowest BCUT2D eigenvalue weighted by Gasteiger charge is -2.10. The molecule has 0 spiro atoms. The molecular weight excluding hydrogens is 312 g/mol. The summed E-state index contributed by atoms with van der Waals surface area (Å²) in [5.41, 5.74) is 8.58. The third kappa shape index (κ3) is 3.08. The zero-order valence-corrected chi connectivity index (χ0v) is 12.3. The van der Waals surface area contributed by atoms with E-state index in [1.807, 2.05) is 37.6 Å². The molecule has 0 atom stereocenters. The number of nitrogens with one attached hydrogen (secondary N) is 1. The van der Waals surface area contributed by atoms with E-state index in [4.69, 9.17) is 18.0 Å². The average molecular weight is 325 g/mol. The number of anilines is 1. The molecule has 0 radical (unpaired) electrons. The Kier molecular flexibility index (Phi) is 3.98. The van der Waals surface area contributed by atoms with Gasteiger partial charge in [-0.25, -0.2) is 0 Å². The van der Waals surface area contributed by atoms with E-state index in [9.17, 15) is 0 Å². The van der Waals surface area contributed by atoms with Crippen LogP contribution in [0.25, 0.3) is 0 Å². The summed E-state index contributed by atoms with van der Waals surface area (Å²) in [4.78, 5) is 0.380. The summed E-state index contributed by atoms with van der Waals surface area (Å²) < 4.78 is 2.73. The number of aromatic nitrogens is 2. The quantitative estimate of drug-likeness (QED) is 0.848. The third-order valence-corrected chi connectivity index (χ3v) is 3.20. The molecule has 0 unspecified atom stereocenters. The summed E-state index contributed by atoms with van der Waals surface area (Å²) in [6.07, 6.45) is 3.79. The summed E-state index contributed by atoms with van der Waals surface area (Å²) >= 11 is 8.45. The van der Waals surface area contributed by atoms with Gasteiger partial charge in [0.2, 0.25) is 0 Å². The van der Waals surface area contributed by atoms with Gasteiger partial charge in [0.15, 0.2) is 0 Å². The number of benzene rings is 1. The van der Waals surface area contributed by atoms with Crippen LogP contribution in [0.5, 0.6) is 0 Å². The summed E-state index contributed by atoms with van der Waals surface area (Å²) in [7, 11) is 1.89. The zero-order chi connectivity index (χ0) is 13.1. The summed E-state index contributed by atoms with van der Waals surface area (Å²) in [5, 5.41) is 7.43. The molecule has 94 valence electrons. The highest BCUT2D eigenvalue weighted by Crippen LogP contribution is 2.21. The molecular formula is C12H13BrN4S. The van der Waals surface area contributed by atoms with E-state index >= 15 is 0 Å². The first-order chi connectivity index (χ1) is 8.56. The van der Waals surface area contributed by atoms with E-state index in [0.717, 1.165) is 21.3 Å². The monoisotopic (exact) mass is 324 g/mol. The van der Waals surface area contributed by atoms with Crippen LogP contribution in [0.4, 0.5) is 5.69 Å². The number of nitrogens with two attached hydrogens (primary N) is 1. The second kappa shape index (κ2) is 5.49. The van der Waals surface area contributed by atoms with Crippen molar-refractivity contribution in [3.8, 4) is 0 Å². The first-order valence-corrected chi connectivity index (χ1v) is 6.57. The van der Waals surface area contributed by atoms with Gasteiger partial charge in [-0.05, 0) is 18.2 Å². The standard InChI is InChI=1S/C12H13BrN4S/c1-17-7-8(6-16-17)5-15-11-3-2-9(13)4-10(11)12(14)18/h2-4,6-7,15H,5H2,1H3,(H2,14,18). The maximum Gasteiger partial charge on any atom is 0.106 e. The zero-order valence-electron chi connectivity index (χ0n) is 9.85. The van der Waals surface area contributed by atoms with Crippen molar-refractivity contribution in [1.82, 2.24) is 9.78 Å². The van der Waals surface area contributed by atoms with Crippen molar-refractivity contribution in [2.75, 3.05) is 5.32 Å². The maximum atomic E-state index is 5.71. The molecule has 0 bridgehead atoms. The molecule has 0 aliphatic carbocycles. The number of thiocarbonyl (C=S) groups is 1. The third-order valence-electron chi connectivity index (χ3n) is 2.49. The molecule has 1 aromatic heterocycles. The highest BCUT2D eigenvalue weighted by molar-refractivity contribution is 9.10. The maximum absolute atomic E-state index is 5.71. The normalized spacial score (nSPS) is 10.3. The summed E-state index contributed by atoms with van der Waals surface area (Å²) in [6.45, 7) is 0.686. The van der Waals surface area contributed by atoms with Crippen molar-refractivity contribution in [2.24, 2.45) is 12.8 Å². The van der Waals surface area contributed by atoms with E-state index in [1.54, 1.807) is 4.68 Å². The molecule has 2 rings (SSSR count). The van der Waals surface area contributed by atoms with E-state index < -0.39 is 0 Å². The molecule has 1 heterocycles. The van der Waals surface area contributed by atoms with Crippen LogP contribution in [0.1, 0.15) is 11.1 Å². The van der Waals surface area contributed by atoms with Gasteiger partial charge in [0.1, 0.15) is 4.99 Å². The Bertz CT molecular complexity index is 579. The van der Waals surface area contributed by atoms with Crippen molar-refractivity contribution in [2.45, 2.75) is 6.54 Å². The first kappa shape index (κ1) is 13.0. The number of aryl methyl sites for hydroxylation is 1. The lowest BCUT2D eigenvalue weighted by atomic mass is 10.1. The lowest BCUT2D eigenvalue weighted by molar-refractivity contribution is 0.767. The van der Waals surface area contributed by atoms with E-state index in [2.05, 4.69) is 26.3 Å². The predicted octanol–water partition coefficient (Wildman–Crippen LogP) is 2.43. The Morgan fingerprint density at radius 2 is 2.33 bits per heavy atom. The molecule has 0 saturated heterocycles. The summed E-state index contributed by atoms with van der Waals surface area (Å²) in [6, 6.07) is 5.82. The van der Waals surface area contributed by atoms with Gasteiger partial charge in [-0.3, -0.25) is 4.68 Å². The van der Waals surface area contributed by atoms with Gasteiger partial charge in [-0.15, -0.1) is 0 Å². The fourth-order valence-electron chi connectivity index (χ4n) is 1.63. The lowest BCUT2D eigenvalue weighted by Crippen LogP contribution is -2.13. The smallest absolute Gasteiger partial charge is 0.106 e. The number of halogens is 1. The average Bonchev–Trinajstić information content (AvgIpc) is 2.73. The molecule has 2 aromatic rings. The predicted molar refractivity (Wildman–Crippen MR) is 80.6 cm³/mol. The van der Waals surface area contributed by atoms with Gasteiger partial charge >= 0.3 is 0 Å². The number of nitrogens with zero attached hydrogens (tertiary/aromatic N) is 2. The van der Waals surface area contributed by atoms with E-state index in [0.29, 0.717) is 11.5 Å². The number of hydrogen-bond acceptors (Lipinski definition) is 3. The van der Waals surface area contributed by atoms with Crippen molar-refractivity contribution in [3.05, 3.63) is 46.2 Å². The van der Waals surface area contributed by atoms with Gasteiger partial charge in [-0.1, -0.05) is 28.1 Å². The molecule has 0 aliphatic heterocycles. The van der Waals surface area contributed by atoms with Crippen LogP contribution in [0, 0.1) is 0 Å². The highest BCUT2D eigenvalue weighted by atomic mass is 79.9. The molecule has 18 heavy (non-hydrogen) atoms. The largest absolute Gasteiger partial charge is 0.389 e. The van der Waals surface area contributed by atoms with Gasteiger partial charge in [0, 0.05) is 41.1 Å². The van der Waals surface area contributed by atoms with Crippen LogP contribution >= 0.6 is 28.1 Å². The fraction of sp³-hybridized carbons (Fsp3) is 0.167. The Balaban J connectivity index is 2.16. The molecule has 0 aliphatic rings. The van der Waals surface area contributed by atoms with Crippen LogP contribution in [0.3, 0.4) is 0 Å². The SMILES string of the molecule is Cn1cc(CNc2ccc(Br)cc2C(N)=S)cn1. The Morgan fingerprint density at radius 1 is 1.56 bits per heavy atom. The molecule has 4 nitrogen and oxygen atoms in total. The fourth-order valence-corrected chi connectivity index (χ4v) is 2.16. The van der Waals surface area contributed by atoms with E-state index in [-0.39, 0.29) is 0 Å². The molecule has 0 saturated carbocycles. The second-order valence-electron chi connectivity index (χ2n) is 3.93. The molecule has 1 aromatic carbocycles. The Hall–Kier alpha value is -1.40. The second-order valence-corrected chi connectivity index (χ2v) is 5.29. The van der Waals surface area contributed by atoms with Crippen molar-refractivity contribution >= 4 is 38.8 Å². The minimum atomic E-state index is 0.380. The van der Waals surface area contributed by atoms with Crippen LogP contribution in [0.15, 0.2) is 35.1 Å². The minimum Gasteiger partial charge on any atom is -0.389 e. The molecule has 3 N–H and O–H groups in total. The van der Waals surface area contributed by atoms with Crippen LogP contribution in [-0.2, 0) is 13.6 Å². The van der Waals surface area contributed by atoms with Crippen molar-refractivity contribution < 1.29 is 0 Å². The number of rotatable bonds is 4. The van der Waals surface area contributed by atoms with E-state index in [1.165, 1.54) is 0 Å². The minimum absolute atomic E-state index is 0.380. The molecule has 6 heteroatoms. The van der Waals surface area contributed by atoms with Crippen LogP contribution in [-0.4, -0.2) is 14.8 Å². The van der Waals surface area contributed by atoms with Crippen molar-refractivity contribution in [1.29, 1.82) is 0 Å². The Labute approximate surface area is 119 Å². The van der Waals surface area contributed by atoms with Crippen molar-refractivity contribution in [3.63, 3.8) is 0 Å². The van der Waals surface area contributed by atoms with Gasteiger partial charge in [0.05, 0.1) is 6.20 Å². The Morgan fingerprint density at radius 3 is 2.94 bits per heavy atom. The number of hydrogen-bond donors (Lipinski definition) is 2. The van der Waals surface area contributed by atoms with Gasteiger partial charge in [-0.2, -0.15) is 5.10 Å². The molecule has 0 fully saturated rings. The topological polar surface area (TPSA) is 55.9 Å². The van der Waals surface area contributed by atoms with Crippen LogP contribution in [0.2, 0.25) is 0 Å². The van der Waals surface area contributed by atoms with Crippen LogP contribution < -0.4 is 11.1 Å². The van der Waals surface area contributed by atoms with Gasteiger partial charge in [0.25, 0.3) is 0 Å².